The molecular formula is C23H28ClN5OS. The van der Waals surface area contributed by atoms with Gasteiger partial charge in [0.05, 0.1) is 5.75 Å². The minimum absolute atomic E-state index is 0.105. The molecule has 0 spiro atoms. The number of anilines is 2. The van der Waals surface area contributed by atoms with Gasteiger partial charge in [-0.1, -0.05) is 29.4 Å². The lowest BCUT2D eigenvalue weighted by Gasteiger charge is -2.21. The van der Waals surface area contributed by atoms with E-state index in [1.807, 2.05) is 17.6 Å². The fraction of sp³-hybridized carbons (Fsp3) is 0.348. The summed E-state index contributed by atoms with van der Waals surface area (Å²) in [5.41, 5.74) is 3.90. The van der Waals surface area contributed by atoms with Gasteiger partial charge in [-0.3, -0.25) is 4.79 Å². The van der Waals surface area contributed by atoms with Gasteiger partial charge >= 0.3 is 0 Å². The van der Waals surface area contributed by atoms with Gasteiger partial charge in [0, 0.05) is 41.6 Å². The normalized spacial score (nSPS) is 10.9. The van der Waals surface area contributed by atoms with Crippen LogP contribution in [0.15, 0.2) is 47.6 Å². The maximum absolute atomic E-state index is 12.4. The molecule has 3 rings (SSSR count). The van der Waals surface area contributed by atoms with E-state index < -0.39 is 0 Å². The molecule has 0 radical (unpaired) electrons. The van der Waals surface area contributed by atoms with Crippen LogP contribution in [0.2, 0.25) is 5.02 Å². The van der Waals surface area contributed by atoms with Crippen LogP contribution in [0.1, 0.15) is 26.3 Å². The van der Waals surface area contributed by atoms with Crippen molar-refractivity contribution in [2.24, 2.45) is 0 Å². The second-order valence-electron chi connectivity index (χ2n) is 7.07. The van der Waals surface area contributed by atoms with E-state index in [0.29, 0.717) is 5.02 Å². The standard InChI is InChI=1S/C23H28ClN5OS/c1-5-28(6-2)19-12-9-17(10-13-19)22-26-27-23(29(22)7-3)31-15-21(30)25-20-14-18(24)11-8-16(20)4/h8-14H,5-7,15H2,1-4H3,(H,25,30). The van der Waals surface area contributed by atoms with Crippen LogP contribution in [0, 0.1) is 6.92 Å². The van der Waals surface area contributed by atoms with Gasteiger partial charge in [-0.05, 0) is 69.7 Å². The Balaban J connectivity index is 1.70. The number of aromatic nitrogens is 3. The molecule has 6 nitrogen and oxygen atoms in total. The number of thioether (sulfide) groups is 1. The molecule has 3 aromatic rings. The van der Waals surface area contributed by atoms with Crippen LogP contribution >= 0.6 is 23.4 Å². The Hall–Kier alpha value is -2.51. The van der Waals surface area contributed by atoms with Crippen molar-refractivity contribution in [1.29, 1.82) is 0 Å². The molecule has 0 bridgehead atoms. The molecule has 0 saturated carbocycles. The topological polar surface area (TPSA) is 63.1 Å². The Morgan fingerprint density at radius 2 is 1.81 bits per heavy atom. The summed E-state index contributed by atoms with van der Waals surface area (Å²) in [6.45, 7) is 11.0. The SMILES string of the molecule is CCN(CC)c1ccc(-c2nnc(SCC(=O)Nc3cc(Cl)ccc3C)n2CC)cc1. The first-order valence-corrected chi connectivity index (χ1v) is 11.8. The summed E-state index contributed by atoms with van der Waals surface area (Å²) in [5.74, 6) is 0.943. The van der Waals surface area contributed by atoms with Gasteiger partial charge in [0.25, 0.3) is 0 Å². The van der Waals surface area contributed by atoms with E-state index in [0.717, 1.165) is 47.4 Å². The molecular weight excluding hydrogens is 430 g/mol. The fourth-order valence-corrected chi connectivity index (χ4v) is 4.32. The minimum Gasteiger partial charge on any atom is -0.372 e. The van der Waals surface area contributed by atoms with Crippen molar-refractivity contribution >= 4 is 40.6 Å². The van der Waals surface area contributed by atoms with E-state index in [-0.39, 0.29) is 11.7 Å². The van der Waals surface area contributed by atoms with Crippen LogP contribution < -0.4 is 10.2 Å². The summed E-state index contributed by atoms with van der Waals surface area (Å²) in [6.07, 6.45) is 0. The summed E-state index contributed by atoms with van der Waals surface area (Å²) < 4.78 is 2.04. The molecule has 1 N–H and O–H groups in total. The van der Waals surface area contributed by atoms with E-state index in [4.69, 9.17) is 11.6 Å². The summed E-state index contributed by atoms with van der Waals surface area (Å²) in [4.78, 5) is 14.7. The number of rotatable bonds is 9. The van der Waals surface area contributed by atoms with Gasteiger partial charge < -0.3 is 14.8 Å². The summed E-state index contributed by atoms with van der Waals surface area (Å²) in [6, 6.07) is 13.8. The lowest BCUT2D eigenvalue weighted by molar-refractivity contribution is -0.113. The van der Waals surface area contributed by atoms with E-state index in [2.05, 4.69) is 65.5 Å². The molecule has 2 aromatic carbocycles. The highest BCUT2D eigenvalue weighted by Crippen LogP contribution is 2.26. The number of aryl methyl sites for hydroxylation is 1. The molecule has 0 saturated heterocycles. The minimum atomic E-state index is -0.105. The Labute approximate surface area is 193 Å². The molecule has 0 aliphatic heterocycles. The lowest BCUT2D eigenvalue weighted by atomic mass is 10.2. The van der Waals surface area contributed by atoms with Crippen LogP contribution in [-0.2, 0) is 11.3 Å². The Bertz CT molecular complexity index is 1030. The molecule has 0 aliphatic carbocycles. The molecule has 1 aromatic heterocycles. The van der Waals surface area contributed by atoms with E-state index in [1.165, 1.54) is 17.4 Å². The second kappa shape index (κ2) is 10.7. The molecule has 0 aliphatic rings. The highest BCUT2D eigenvalue weighted by molar-refractivity contribution is 7.99. The first-order chi connectivity index (χ1) is 15.0. The molecule has 31 heavy (non-hydrogen) atoms. The van der Waals surface area contributed by atoms with Crippen molar-refractivity contribution in [1.82, 2.24) is 14.8 Å². The van der Waals surface area contributed by atoms with Gasteiger partial charge in [-0.25, -0.2) is 0 Å². The highest BCUT2D eigenvalue weighted by Gasteiger charge is 2.15. The molecule has 0 fully saturated rings. The molecule has 0 atom stereocenters. The second-order valence-corrected chi connectivity index (χ2v) is 8.44. The summed E-state index contributed by atoms with van der Waals surface area (Å²) in [5, 5.41) is 13.0. The number of nitrogens with one attached hydrogen (secondary N) is 1. The third-order valence-electron chi connectivity index (χ3n) is 5.09. The molecule has 8 heteroatoms. The van der Waals surface area contributed by atoms with Crippen molar-refractivity contribution < 1.29 is 4.79 Å². The van der Waals surface area contributed by atoms with Crippen molar-refractivity contribution in [3.05, 3.63) is 53.1 Å². The van der Waals surface area contributed by atoms with Crippen LogP contribution in [0.3, 0.4) is 0 Å². The Morgan fingerprint density at radius 1 is 1.10 bits per heavy atom. The van der Waals surface area contributed by atoms with Gasteiger partial charge in [0.1, 0.15) is 0 Å². The zero-order valence-corrected chi connectivity index (χ0v) is 19.9. The van der Waals surface area contributed by atoms with Gasteiger partial charge in [-0.15, -0.1) is 10.2 Å². The first kappa shape index (κ1) is 23.2. The zero-order chi connectivity index (χ0) is 22.4. The van der Waals surface area contributed by atoms with Gasteiger partial charge in [-0.2, -0.15) is 0 Å². The molecule has 0 unspecified atom stereocenters. The fourth-order valence-electron chi connectivity index (χ4n) is 3.35. The number of carbonyl (C=O) groups excluding carboxylic acids is 1. The maximum atomic E-state index is 12.4. The third kappa shape index (κ3) is 5.60. The van der Waals surface area contributed by atoms with E-state index >= 15 is 0 Å². The Kier molecular flexibility index (Phi) is 7.98. The van der Waals surface area contributed by atoms with Crippen LogP contribution in [0.25, 0.3) is 11.4 Å². The van der Waals surface area contributed by atoms with Crippen molar-refractivity contribution in [2.45, 2.75) is 39.4 Å². The third-order valence-corrected chi connectivity index (χ3v) is 6.30. The first-order valence-electron chi connectivity index (χ1n) is 10.4. The summed E-state index contributed by atoms with van der Waals surface area (Å²) in [7, 11) is 0. The quantitative estimate of drug-likeness (QED) is 0.429. The smallest absolute Gasteiger partial charge is 0.234 e. The number of halogens is 1. The van der Waals surface area contributed by atoms with Gasteiger partial charge in [0.15, 0.2) is 11.0 Å². The average Bonchev–Trinajstić information content (AvgIpc) is 3.19. The van der Waals surface area contributed by atoms with E-state index in [9.17, 15) is 4.79 Å². The maximum Gasteiger partial charge on any atom is 0.234 e. The molecule has 1 amide bonds. The number of benzene rings is 2. The monoisotopic (exact) mass is 457 g/mol. The number of carbonyl (C=O) groups is 1. The van der Waals surface area contributed by atoms with Gasteiger partial charge in [0.2, 0.25) is 5.91 Å². The van der Waals surface area contributed by atoms with Crippen LogP contribution in [0.4, 0.5) is 11.4 Å². The number of hydrogen-bond donors (Lipinski definition) is 1. The highest BCUT2D eigenvalue weighted by atomic mass is 35.5. The van der Waals surface area contributed by atoms with Crippen molar-refractivity contribution in [3.63, 3.8) is 0 Å². The van der Waals surface area contributed by atoms with Crippen LogP contribution in [0.5, 0.6) is 0 Å². The predicted molar refractivity (Wildman–Crippen MR) is 130 cm³/mol. The molecule has 1 heterocycles. The van der Waals surface area contributed by atoms with E-state index in [1.54, 1.807) is 12.1 Å². The number of hydrogen-bond acceptors (Lipinski definition) is 5. The molecule has 164 valence electrons. The Morgan fingerprint density at radius 3 is 2.45 bits per heavy atom. The number of amides is 1. The number of nitrogens with zero attached hydrogens (tertiary/aromatic N) is 4. The van der Waals surface area contributed by atoms with Crippen LogP contribution in [-0.4, -0.2) is 39.5 Å². The van der Waals surface area contributed by atoms with Crippen molar-refractivity contribution in [3.8, 4) is 11.4 Å². The largest absolute Gasteiger partial charge is 0.372 e. The van der Waals surface area contributed by atoms with Crippen molar-refractivity contribution in [2.75, 3.05) is 29.1 Å². The average molecular weight is 458 g/mol. The predicted octanol–water partition coefficient (Wildman–Crippen LogP) is 5.50. The zero-order valence-electron chi connectivity index (χ0n) is 18.4. The summed E-state index contributed by atoms with van der Waals surface area (Å²) >= 11 is 7.41. The lowest BCUT2D eigenvalue weighted by Crippen LogP contribution is -2.21.